The van der Waals surface area contributed by atoms with Crippen LogP contribution in [0.2, 0.25) is 0 Å². The smallest absolute Gasteiger partial charge is 0.337 e. The van der Waals surface area contributed by atoms with Crippen molar-refractivity contribution in [2.75, 3.05) is 19.0 Å². The topological polar surface area (TPSA) is 71.5 Å². The van der Waals surface area contributed by atoms with Crippen LogP contribution in [0.15, 0.2) is 18.5 Å². The number of rotatable bonds is 5. The number of carboxylic acids is 1. The first-order valence-electron chi connectivity index (χ1n) is 4.92. The van der Waals surface area contributed by atoms with Crippen molar-refractivity contribution in [3.63, 3.8) is 0 Å². The van der Waals surface area contributed by atoms with Gasteiger partial charge in [0.1, 0.15) is 0 Å². The van der Waals surface area contributed by atoms with Gasteiger partial charge < -0.3 is 15.2 Å². The molecular formula is C11H16N2O3. The molecule has 16 heavy (non-hydrogen) atoms. The van der Waals surface area contributed by atoms with Crippen LogP contribution in [0, 0.1) is 0 Å². The molecular weight excluding hydrogens is 208 g/mol. The standard InChI is InChI=1S/C11H16N2O3/c1-11(2,16-3)7-13-9-6-12-5-4-8(9)10(14)15/h4-6,13H,7H2,1-3H3,(H,14,15). The lowest BCUT2D eigenvalue weighted by Gasteiger charge is -2.24. The number of hydrogen-bond acceptors (Lipinski definition) is 4. The summed E-state index contributed by atoms with van der Waals surface area (Å²) in [6, 6.07) is 1.46. The van der Waals surface area contributed by atoms with E-state index in [0.29, 0.717) is 12.2 Å². The lowest BCUT2D eigenvalue weighted by molar-refractivity contribution is 0.0343. The minimum atomic E-state index is -0.972. The fourth-order valence-corrected chi connectivity index (χ4v) is 1.10. The van der Waals surface area contributed by atoms with E-state index in [0.717, 1.165) is 0 Å². The Bertz CT molecular complexity index is 377. The predicted octanol–water partition coefficient (Wildman–Crippen LogP) is 1.62. The number of hydrogen-bond donors (Lipinski definition) is 2. The molecule has 0 unspecified atom stereocenters. The summed E-state index contributed by atoms with van der Waals surface area (Å²) in [7, 11) is 1.61. The molecule has 0 spiro atoms. The zero-order chi connectivity index (χ0) is 12.2. The van der Waals surface area contributed by atoms with Crippen LogP contribution in [0.25, 0.3) is 0 Å². The van der Waals surface area contributed by atoms with E-state index in [-0.39, 0.29) is 11.2 Å². The Kier molecular flexibility index (Phi) is 3.84. The summed E-state index contributed by atoms with van der Waals surface area (Å²) in [6.45, 7) is 4.34. The summed E-state index contributed by atoms with van der Waals surface area (Å²) in [5, 5.41) is 12.0. The van der Waals surface area contributed by atoms with Gasteiger partial charge in [-0.05, 0) is 19.9 Å². The summed E-state index contributed by atoms with van der Waals surface area (Å²) in [5.74, 6) is -0.972. The maximum absolute atomic E-state index is 10.9. The molecule has 2 N–H and O–H groups in total. The molecule has 88 valence electrons. The van der Waals surface area contributed by atoms with Gasteiger partial charge in [-0.1, -0.05) is 0 Å². The van der Waals surface area contributed by atoms with Gasteiger partial charge in [0.2, 0.25) is 0 Å². The molecule has 0 saturated carbocycles. The maximum atomic E-state index is 10.9. The molecule has 0 aliphatic heterocycles. The van der Waals surface area contributed by atoms with Crippen molar-refractivity contribution in [1.29, 1.82) is 0 Å². The highest BCUT2D eigenvalue weighted by atomic mass is 16.5. The summed E-state index contributed by atoms with van der Waals surface area (Å²) >= 11 is 0. The number of nitrogens with one attached hydrogen (secondary N) is 1. The van der Waals surface area contributed by atoms with E-state index < -0.39 is 5.97 Å². The molecule has 0 aliphatic carbocycles. The lowest BCUT2D eigenvalue weighted by atomic mass is 10.1. The van der Waals surface area contributed by atoms with E-state index in [9.17, 15) is 4.79 Å². The van der Waals surface area contributed by atoms with E-state index in [1.165, 1.54) is 18.5 Å². The van der Waals surface area contributed by atoms with E-state index in [2.05, 4.69) is 10.3 Å². The van der Waals surface area contributed by atoms with Crippen LogP contribution in [-0.4, -0.2) is 35.3 Å². The molecule has 0 aromatic carbocycles. The number of nitrogens with zero attached hydrogens (tertiary/aromatic N) is 1. The van der Waals surface area contributed by atoms with Gasteiger partial charge in [0.05, 0.1) is 23.0 Å². The van der Waals surface area contributed by atoms with Crippen molar-refractivity contribution in [2.24, 2.45) is 0 Å². The van der Waals surface area contributed by atoms with Crippen LogP contribution in [0.3, 0.4) is 0 Å². The van der Waals surface area contributed by atoms with Gasteiger partial charge in [-0.3, -0.25) is 4.98 Å². The van der Waals surface area contributed by atoms with E-state index in [1.807, 2.05) is 13.8 Å². The van der Waals surface area contributed by atoms with Gasteiger partial charge in [-0.15, -0.1) is 0 Å². The molecule has 0 amide bonds. The Labute approximate surface area is 94.5 Å². The summed E-state index contributed by atoms with van der Waals surface area (Å²) in [5.41, 5.74) is 0.355. The van der Waals surface area contributed by atoms with Crippen LogP contribution >= 0.6 is 0 Å². The number of ether oxygens (including phenoxy) is 1. The Balaban J connectivity index is 2.78. The zero-order valence-corrected chi connectivity index (χ0v) is 9.65. The summed E-state index contributed by atoms with van der Waals surface area (Å²) < 4.78 is 5.23. The number of aromatic nitrogens is 1. The highest BCUT2D eigenvalue weighted by molar-refractivity contribution is 5.93. The normalized spacial score (nSPS) is 11.2. The number of aromatic carboxylic acids is 1. The first-order valence-corrected chi connectivity index (χ1v) is 4.92. The summed E-state index contributed by atoms with van der Waals surface area (Å²) in [4.78, 5) is 14.8. The van der Waals surface area contributed by atoms with Gasteiger partial charge in [-0.2, -0.15) is 0 Å². The molecule has 0 radical (unpaired) electrons. The number of carbonyl (C=O) groups is 1. The molecule has 0 aliphatic rings. The molecule has 1 aromatic rings. The Morgan fingerprint density at radius 3 is 2.88 bits per heavy atom. The zero-order valence-electron chi connectivity index (χ0n) is 9.65. The Morgan fingerprint density at radius 1 is 1.62 bits per heavy atom. The van der Waals surface area contributed by atoms with Crippen molar-refractivity contribution in [3.8, 4) is 0 Å². The second-order valence-electron chi connectivity index (χ2n) is 4.04. The van der Waals surface area contributed by atoms with Crippen LogP contribution in [0.4, 0.5) is 5.69 Å². The molecule has 1 rings (SSSR count). The number of anilines is 1. The largest absolute Gasteiger partial charge is 0.478 e. The third-order valence-corrected chi connectivity index (χ3v) is 2.31. The fourth-order valence-electron chi connectivity index (χ4n) is 1.10. The third-order valence-electron chi connectivity index (χ3n) is 2.31. The molecule has 0 bridgehead atoms. The molecule has 1 heterocycles. The van der Waals surface area contributed by atoms with Crippen LogP contribution in [0.1, 0.15) is 24.2 Å². The number of pyridine rings is 1. The highest BCUT2D eigenvalue weighted by Gasteiger charge is 2.17. The Hall–Kier alpha value is -1.62. The average molecular weight is 224 g/mol. The SMILES string of the molecule is COC(C)(C)CNc1cnccc1C(=O)O. The monoisotopic (exact) mass is 224 g/mol. The van der Waals surface area contributed by atoms with Crippen molar-refractivity contribution in [2.45, 2.75) is 19.4 Å². The van der Waals surface area contributed by atoms with Gasteiger partial charge in [-0.25, -0.2) is 4.79 Å². The predicted molar refractivity (Wildman–Crippen MR) is 60.8 cm³/mol. The van der Waals surface area contributed by atoms with E-state index >= 15 is 0 Å². The quantitative estimate of drug-likeness (QED) is 0.795. The third kappa shape index (κ3) is 3.20. The molecule has 1 aromatic heterocycles. The second-order valence-corrected chi connectivity index (χ2v) is 4.04. The molecule has 0 atom stereocenters. The van der Waals surface area contributed by atoms with E-state index in [4.69, 9.17) is 9.84 Å². The highest BCUT2D eigenvalue weighted by Crippen LogP contribution is 2.15. The molecule has 5 nitrogen and oxygen atoms in total. The minimum absolute atomic E-state index is 0.210. The first-order chi connectivity index (χ1) is 7.46. The van der Waals surface area contributed by atoms with Crippen molar-refractivity contribution < 1.29 is 14.6 Å². The second kappa shape index (κ2) is 4.94. The molecule has 0 fully saturated rings. The summed E-state index contributed by atoms with van der Waals surface area (Å²) in [6.07, 6.45) is 2.95. The van der Waals surface area contributed by atoms with Crippen LogP contribution in [0.5, 0.6) is 0 Å². The number of methoxy groups -OCH3 is 1. The van der Waals surface area contributed by atoms with E-state index in [1.54, 1.807) is 7.11 Å². The minimum Gasteiger partial charge on any atom is -0.478 e. The van der Waals surface area contributed by atoms with Crippen LogP contribution < -0.4 is 5.32 Å². The van der Waals surface area contributed by atoms with Crippen molar-refractivity contribution in [1.82, 2.24) is 4.98 Å². The first kappa shape index (κ1) is 12.4. The van der Waals surface area contributed by atoms with Crippen molar-refractivity contribution >= 4 is 11.7 Å². The maximum Gasteiger partial charge on any atom is 0.337 e. The molecule has 0 saturated heterocycles. The fraction of sp³-hybridized carbons (Fsp3) is 0.455. The van der Waals surface area contributed by atoms with Gasteiger partial charge in [0.25, 0.3) is 0 Å². The number of carboxylic acid groups (broad SMARTS) is 1. The Morgan fingerprint density at radius 2 is 2.31 bits per heavy atom. The van der Waals surface area contributed by atoms with Crippen molar-refractivity contribution in [3.05, 3.63) is 24.0 Å². The lowest BCUT2D eigenvalue weighted by Crippen LogP contribution is -2.32. The van der Waals surface area contributed by atoms with Crippen LogP contribution in [-0.2, 0) is 4.74 Å². The van der Waals surface area contributed by atoms with Gasteiger partial charge in [0, 0.05) is 19.9 Å². The average Bonchev–Trinajstić information content (AvgIpc) is 2.27. The van der Waals surface area contributed by atoms with Gasteiger partial charge in [0.15, 0.2) is 0 Å². The van der Waals surface area contributed by atoms with Gasteiger partial charge >= 0.3 is 5.97 Å². The molecule has 5 heteroatoms.